The van der Waals surface area contributed by atoms with Gasteiger partial charge in [-0.2, -0.15) is 0 Å². The summed E-state index contributed by atoms with van der Waals surface area (Å²) in [6.07, 6.45) is 5.98. The maximum absolute atomic E-state index is 13.4. The third kappa shape index (κ3) is 3.74. The second-order valence-electron chi connectivity index (χ2n) is 10.3. The fraction of sp³-hybridized carbons (Fsp3) is 0.414. The van der Waals surface area contributed by atoms with E-state index in [1.807, 2.05) is 17.6 Å². The van der Waals surface area contributed by atoms with E-state index in [1.165, 1.54) is 0 Å². The zero-order valence-corrected chi connectivity index (χ0v) is 22.8. The lowest BCUT2D eigenvalue weighted by molar-refractivity contribution is -0.136. The largest absolute Gasteiger partial charge is 0.497 e. The number of esters is 1. The van der Waals surface area contributed by atoms with Crippen LogP contribution in [0.15, 0.2) is 53.4 Å². The van der Waals surface area contributed by atoms with Gasteiger partial charge in [-0.25, -0.2) is 13.2 Å². The Labute approximate surface area is 223 Å². The minimum absolute atomic E-state index is 0.148. The Balaban J connectivity index is 1.50. The van der Waals surface area contributed by atoms with Crippen molar-refractivity contribution in [1.29, 1.82) is 0 Å². The highest BCUT2D eigenvalue weighted by atomic mass is 32.2. The van der Waals surface area contributed by atoms with Gasteiger partial charge in [0, 0.05) is 28.7 Å². The molecule has 3 aliphatic rings. The molecule has 2 aromatic carbocycles. The second-order valence-corrected chi connectivity index (χ2v) is 12.0. The molecule has 1 aromatic heterocycles. The zero-order chi connectivity index (χ0) is 26.7. The van der Waals surface area contributed by atoms with Gasteiger partial charge in [0.1, 0.15) is 11.4 Å². The molecule has 1 saturated heterocycles. The Morgan fingerprint density at radius 2 is 1.92 bits per heavy atom. The Hall–Kier alpha value is -3.30. The van der Waals surface area contributed by atoms with Gasteiger partial charge in [0.05, 0.1) is 30.2 Å². The summed E-state index contributed by atoms with van der Waals surface area (Å²) in [5, 5.41) is 0.880. The van der Waals surface area contributed by atoms with Crippen LogP contribution in [0.2, 0.25) is 0 Å². The Morgan fingerprint density at radius 3 is 2.63 bits per heavy atom. The second kappa shape index (κ2) is 9.17. The van der Waals surface area contributed by atoms with E-state index >= 15 is 0 Å². The summed E-state index contributed by atoms with van der Waals surface area (Å²) in [6.45, 7) is 6.26. The van der Waals surface area contributed by atoms with Gasteiger partial charge in [0.25, 0.3) is 10.0 Å². The molecule has 0 amide bonds. The topological polar surface area (TPSA) is 89.9 Å². The van der Waals surface area contributed by atoms with Gasteiger partial charge < -0.3 is 14.0 Å². The smallest absolute Gasteiger partial charge is 0.354 e. The van der Waals surface area contributed by atoms with Crippen LogP contribution in [0.25, 0.3) is 16.6 Å². The number of aromatic nitrogens is 1. The molecular formula is C29H33N3O5S. The zero-order valence-electron chi connectivity index (χ0n) is 22.0. The van der Waals surface area contributed by atoms with Gasteiger partial charge >= 0.3 is 5.97 Å². The molecule has 0 saturated carbocycles. The van der Waals surface area contributed by atoms with E-state index in [2.05, 4.69) is 22.6 Å². The number of nitrogens with zero attached hydrogens (tertiary/aromatic N) is 2. The summed E-state index contributed by atoms with van der Waals surface area (Å²) in [7, 11) is -2.27. The number of sulfonamides is 1. The highest BCUT2D eigenvalue weighted by Crippen LogP contribution is 2.57. The molecule has 38 heavy (non-hydrogen) atoms. The summed E-state index contributed by atoms with van der Waals surface area (Å²) >= 11 is 0. The average Bonchev–Trinajstić information content (AvgIpc) is 3.26. The normalized spacial score (nSPS) is 22.5. The fourth-order valence-corrected chi connectivity index (χ4v) is 7.79. The van der Waals surface area contributed by atoms with Crippen molar-refractivity contribution in [1.82, 2.24) is 9.47 Å². The lowest BCUT2D eigenvalue weighted by Gasteiger charge is -2.53. The van der Waals surface area contributed by atoms with Crippen molar-refractivity contribution in [3.8, 4) is 5.75 Å². The number of anilines is 1. The van der Waals surface area contributed by atoms with Crippen molar-refractivity contribution in [2.45, 2.75) is 50.5 Å². The van der Waals surface area contributed by atoms with Crippen molar-refractivity contribution < 1.29 is 22.7 Å². The first-order chi connectivity index (χ1) is 18.3. The van der Waals surface area contributed by atoms with Crippen LogP contribution in [0.1, 0.15) is 50.4 Å². The molecule has 0 radical (unpaired) electrons. The van der Waals surface area contributed by atoms with E-state index in [0.29, 0.717) is 23.7 Å². The highest BCUT2D eigenvalue weighted by Gasteiger charge is 2.51. The molecule has 1 fully saturated rings. The monoisotopic (exact) mass is 535 g/mol. The molecular weight excluding hydrogens is 502 g/mol. The van der Waals surface area contributed by atoms with Crippen LogP contribution < -0.4 is 9.46 Å². The van der Waals surface area contributed by atoms with E-state index in [9.17, 15) is 13.2 Å². The summed E-state index contributed by atoms with van der Waals surface area (Å²) in [5.41, 5.74) is 3.96. The highest BCUT2D eigenvalue weighted by molar-refractivity contribution is 7.92. The molecule has 4 heterocycles. The van der Waals surface area contributed by atoms with Crippen molar-refractivity contribution in [2.75, 3.05) is 31.5 Å². The van der Waals surface area contributed by atoms with Gasteiger partial charge in [0.2, 0.25) is 0 Å². The first kappa shape index (κ1) is 25.0. The standard InChI is InChI=1S/C29H33N3O5S/c1-4-29-14-6-15-31-16-13-22-23-17-21(38(34,35)30-19-7-9-20(36-3)10-8-19)11-12-24(23)32(26(22)27(29)31)25(18-29)28(33)37-5-2/h7-12,17-18,27,30H,4-6,13-16H2,1-3H3/t27-,29+/m1/s1. The third-order valence-corrected chi connectivity index (χ3v) is 9.83. The van der Waals surface area contributed by atoms with E-state index in [-0.39, 0.29) is 22.3 Å². The molecule has 1 N–H and O–H groups in total. The van der Waals surface area contributed by atoms with Gasteiger partial charge in [-0.3, -0.25) is 9.62 Å². The maximum Gasteiger partial charge on any atom is 0.354 e. The van der Waals surface area contributed by atoms with Gasteiger partial charge in [0.15, 0.2) is 0 Å². The van der Waals surface area contributed by atoms with E-state index < -0.39 is 10.0 Å². The molecule has 0 spiro atoms. The SMILES string of the molecule is CCOC(=O)C1=C[C@]2(CC)CCCN3CCc4c(n1c1ccc(S(=O)(=O)Nc5ccc(OC)cc5)cc41)[C@@H]32. The van der Waals surface area contributed by atoms with Crippen LogP contribution in [0.3, 0.4) is 0 Å². The third-order valence-electron chi connectivity index (χ3n) is 8.45. The predicted molar refractivity (Wildman–Crippen MR) is 147 cm³/mol. The molecule has 200 valence electrons. The lowest BCUT2D eigenvalue weighted by Crippen LogP contribution is -2.51. The number of piperidine rings is 1. The Bertz CT molecular complexity index is 1560. The Kier molecular flexibility index (Phi) is 6.03. The van der Waals surface area contributed by atoms with Crippen LogP contribution >= 0.6 is 0 Å². The first-order valence-corrected chi connectivity index (χ1v) is 14.8. The van der Waals surface area contributed by atoms with Crippen LogP contribution in [0.5, 0.6) is 5.75 Å². The number of carbonyl (C=O) groups is 1. The van der Waals surface area contributed by atoms with Gasteiger partial charge in [-0.15, -0.1) is 0 Å². The van der Waals surface area contributed by atoms with Crippen LogP contribution in [0.4, 0.5) is 5.69 Å². The van der Waals surface area contributed by atoms with Crippen molar-refractivity contribution in [2.24, 2.45) is 5.41 Å². The number of nitrogens with one attached hydrogen (secondary N) is 1. The number of hydrogen-bond acceptors (Lipinski definition) is 6. The molecule has 8 nitrogen and oxygen atoms in total. The lowest BCUT2D eigenvalue weighted by atomic mass is 9.66. The number of hydrogen-bond donors (Lipinski definition) is 1. The van der Waals surface area contributed by atoms with E-state index in [1.54, 1.807) is 43.5 Å². The molecule has 3 aliphatic heterocycles. The van der Waals surface area contributed by atoms with Crippen LogP contribution in [0, 0.1) is 5.41 Å². The number of ether oxygens (including phenoxy) is 2. The molecule has 3 aromatic rings. The maximum atomic E-state index is 13.4. The number of carbonyl (C=O) groups excluding carboxylic acids is 1. The predicted octanol–water partition coefficient (Wildman–Crippen LogP) is 4.96. The number of benzene rings is 2. The molecule has 0 bridgehead atoms. The first-order valence-electron chi connectivity index (χ1n) is 13.3. The van der Waals surface area contributed by atoms with Gasteiger partial charge in [-0.1, -0.05) is 6.92 Å². The van der Waals surface area contributed by atoms with Crippen molar-refractivity contribution in [3.63, 3.8) is 0 Å². The molecule has 0 aliphatic carbocycles. The minimum atomic E-state index is -3.83. The molecule has 9 heteroatoms. The van der Waals surface area contributed by atoms with Crippen molar-refractivity contribution in [3.05, 3.63) is 59.8 Å². The van der Waals surface area contributed by atoms with Crippen LogP contribution in [-0.4, -0.2) is 50.7 Å². The summed E-state index contributed by atoms with van der Waals surface area (Å²) in [5.74, 6) is 0.317. The Morgan fingerprint density at radius 1 is 1.13 bits per heavy atom. The number of methoxy groups -OCH3 is 1. The van der Waals surface area contributed by atoms with Crippen LogP contribution in [-0.2, 0) is 26.0 Å². The molecule has 0 unspecified atom stereocenters. The minimum Gasteiger partial charge on any atom is -0.497 e. The van der Waals surface area contributed by atoms with E-state index in [4.69, 9.17) is 9.47 Å². The number of rotatable bonds is 7. The molecule has 2 atom stereocenters. The summed E-state index contributed by atoms with van der Waals surface area (Å²) in [6, 6.07) is 12.1. The number of fused-ring (bicyclic) bond motifs is 3. The quantitative estimate of drug-likeness (QED) is 0.430. The fourth-order valence-electron chi connectivity index (χ4n) is 6.70. The summed E-state index contributed by atoms with van der Waals surface area (Å²) < 4.78 is 42.2. The van der Waals surface area contributed by atoms with Gasteiger partial charge in [-0.05, 0) is 93.3 Å². The van der Waals surface area contributed by atoms with E-state index in [0.717, 1.165) is 60.9 Å². The summed E-state index contributed by atoms with van der Waals surface area (Å²) in [4.78, 5) is 16.0. The average molecular weight is 536 g/mol. The van der Waals surface area contributed by atoms with Crippen molar-refractivity contribution >= 4 is 38.3 Å². The molecule has 6 rings (SSSR count).